The van der Waals surface area contributed by atoms with E-state index in [1.807, 2.05) is 49.4 Å². The number of amides is 1. The zero-order chi connectivity index (χ0) is 19.7. The van der Waals surface area contributed by atoms with Gasteiger partial charge in [-0.05, 0) is 59.9 Å². The molecule has 0 saturated heterocycles. The van der Waals surface area contributed by atoms with Crippen LogP contribution in [-0.4, -0.2) is 19.1 Å². The quantitative estimate of drug-likeness (QED) is 0.603. The third kappa shape index (κ3) is 3.62. The molecule has 0 bridgehead atoms. The Balaban J connectivity index is 1.58. The van der Waals surface area contributed by atoms with E-state index in [0.29, 0.717) is 24.0 Å². The predicted molar refractivity (Wildman–Crippen MR) is 114 cm³/mol. The lowest BCUT2D eigenvalue weighted by Gasteiger charge is -2.18. The molecule has 1 N–H and O–H groups in total. The van der Waals surface area contributed by atoms with Gasteiger partial charge in [-0.15, -0.1) is 11.3 Å². The van der Waals surface area contributed by atoms with Gasteiger partial charge in [0.25, 0.3) is 5.91 Å². The topological polar surface area (TPSA) is 47.6 Å². The number of nitrogens with one attached hydrogen (secondary N) is 1. The molecule has 0 aliphatic carbocycles. The van der Waals surface area contributed by atoms with Gasteiger partial charge in [-0.1, -0.05) is 32.0 Å². The van der Waals surface area contributed by atoms with Crippen LogP contribution in [0.5, 0.6) is 11.5 Å². The summed E-state index contributed by atoms with van der Waals surface area (Å²) in [6.45, 7) is 7.43. The fraction of sp³-hybridized carbons (Fsp3) is 0.261. The Hall–Kier alpha value is -2.79. The highest BCUT2D eigenvalue weighted by molar-refractivity contribution is 7.17. The smallest absolute Gasteiger partial charge is 0.265 e. The van der Waals surface area contributed by atoms with Gasteiger partial charge < -0.3 is 14.8 Å². The average Bonchev–Trinajstić information content (AvgIpc) is 3.19. The molecule has 5 heteroatoms. The third-order valence-electron chi connectivity index (χ3n) is 4.82. The van der Waals surface area contributed by atoms with Crippen molar-refractivity contribution in [2.45, 2.75) is 26.7 Å². The molecule has 3 aromatic rings. The number of aryl methyl sites for hydroxylation is 1. The number of thiophene rings is 1. The van der Waals surface area contributed by atoms with Crippen molar-refractivity contribution in [2.75, 3.05) is 18.5 Å². The first-order valence-electron chi connectivity index (χ1n) is 9.43. The Morgan fingerprint density at radius 1 is 1.04 bits per heavy atom. The maximum absolute atomic E-state index is 12.9. The van der Waals surface area contributed by atoms with Crippen molar-refractivity contribution >= 4 is 22.9 Å². The summed E-state index contributed by atoms with van der Waals surface area (Å²) in [4.78, 5) is 14.6. The molecule has 0 radical (unpaired) electrons. The summed E-state index contributed by atoms with van der Waals surface area (Å²) in [7, 11) is 0. The molecule has 1 aromatic heterocycles. The molecule has 2 aromatic carbocycles. The van der Waals surface area contributed by atoms with Gasteiger partial charge in [-0.2, -0.15) is 0 Å². The fourth-order valence-electron chi connectivity index (χ4n) is 3.33. The molecular weight excluding hydrogens is 370 g/mol. The molecule has 0 unspecified atom stereocenters. The number of ether oxygens (including phenoxy) is 2. The highest BCUT2D eigenvalue weighted by Gasteiger charge is 2.17. The Morgan fingerprint density at radius 3 is 2.61 bits per heavy atom. The number of benzene rings is 2. The number of carbonyl (C=O) groups excluding carboxylic acids is 1. The predicted octanol–water partition coefficient (Wildman–Crippen LogP) is 5.87. The molecule has 0 atom stereocenters. The maximum Gasteiger partial charge on any atom is 0.265 e. The van der Waals surface area contributed by atoms with Crippen LogP contribution >= 0.6 is 11.3 Å². The van der Waals surface area contributed by atoms with Crippen molar-refractivity contribution in [2.24, 2.45) is 0 Å². The largest absolute Gasteiger partial charge is 0.486 e. The monoisotopic (exact) mass is 393 g/mol. The van der Waals surface area contributed by atoms with Crippen molar-refractivity contribution in [3.05, 3.63) is 64.5 Å². The van der Waals surface area contributed by atoms with Crippen LogP contribution in [-0.2, 0) is 0 Å². The fourth-order valence-corrected chi connectivity index (χ4v) is 4.23. The van der Waals surface area contributed by atoms with Crippen LogP contribution in [0.2, 0.25) is 0 Å². The minimum Gasteiger partial charge on any atom is -0.486 e. The summed E-state index contributed by atoms with van der Waals surface area (Å²) in [5.74, 6) is 1.78. The van der Waals surface area contributed by atoms with E-state index in [-0.39, 0.29) is 5.91 Å². The maximum atomic E-state index is 12.9. The van der Waals surface area contributed by atoms with E-state index in [1.165, 1.54) is 11.3 Å². The van der Waals surface area contributed by atoms with Crippen molar-refractivity contribution in [3.8, 4) is 21.9 Å². The number of anilines is 1. The van der Waals surface area contributed by atoms with Crippen LogP contribution in [0.25, 0.3) is 10.4 Å². The third-order valence-corrected chi connectivity index (χ3v) is 5.96. The van der Waals surface area contributed by atoms with E-state index in [0.717, 1.165) is 38.8 Å². The summed E-state index contributed by atoms with van der Waals surface area (Å²) in [5.41, 5.74) is 4.16. The van der Waals surface area contributed by atoms with Gasteiger partial charge in [0.15, 0.2) is 11.5 Å². The van der Waals surface area contributed by atoms with Crippen LogP contribution in [0.1, 0.15) is 40.6 Å². The minimum absolute atomic E-state index is 0.0787. The lowest BCUT2D eigenvalue weighted by Crippen LogP contribution is -2.15. The van der Waals surface area contributed by atoms with Crippen LogP contribution < -0.4 is 14.8 Å². The second-order valence-corrected chi connectivity index (χ2v) is 8.25. The van der Waals surface area contributed by atoms with Gasteiger partial charge in [0.2, 0.25) is 0 Å². The highest BCUT2D eigenvalue weighted by Crippen LogP contribution is 2.37. The van der Waals surface area contributed by atoms with Gasteiger partial charge in [-0.25, -0.2) is 0 Å². The SMILES string of the molecule is Cc1cccc(C(C)C)c1NC(=O)c1ccc(-c2ccc3c(c2)OCCO3)s1. The minimum atomic E-state index is -0.0787. The second kappa shape index (κ2) is 7.68. The average molecular weight is 394 g/mol. The number of para-hydroxylation sites is 1. The van der Waals surface area contributed by atoms with Crippen molar-refractivity contribution < 1.29 is 14.3 Å². The molecule has 2 heterocycles. The molecule has 144 valence electrons. The first kappa shape index (κ1) is 18.6. The van der Waals surface area contributed by atoms with Gasteiger partial charge >= 0.3 is 0 Å². The van der Waals surface area contributed by atoms with E-state index in [9.17, 15) is 4.79 Å². The molecule has 1 aliphatic heterocycles. The molecule has 0 fully saturated rings. The zero-order valence-electron chi connectivity index (χ0n) is 16.2. The molecular formula is C23H23NO3S. The van der Waals surface area contributed by atoms with Crippen LogP contribution in [0.15, 0.2) is 48.5 Å². The number of rotatable bonds is 4. The Bertz CT molecular complexity index is 1020. The molecule has 1 aliphatic rings. The lowest BCUT2D eigenvalue weighted by molar-refractivity contribution is 0.103. The van der Waals surface area contributed by atoms with Gasteiger partial charge in [0.05, 0.1) is 4.88 Å². The molecule has 28 heavy (non-hydrogen) atoms. The normalized spacial score (nSPS) is 12.9. The van der Waals surface area contributed by atoms with E-state index in [2.05, 4.69) is 25.2 Å². The molecule has 4 rings (SSSR count). The van der Waals surface area contributed by atoms with Crippen molar-refractivity contribution in [3.63, 3.8) is 0 Å². The molecule has 1 amide bonds. The molecule has 0 spiro atoms. The van der Waals surface area contributed by atoms with Crippen LogP contribution in [0.4, 0.5) is 5.69 Å². The first-order chi connectivity index (χ1) is 13.5. The summed E-state index contributed by atoms with van der Waals surface area (Å²) >= 11 is 1.48. The summed E-state index contributed by atoms with van der Waals surface area (Å²) in [6, 6.07) is 15.9. The van der Waals surface area contributed by atoms with Gasteiger partial charge in [0, 0.05) is 10.6 Å². The van der Waals surface area contributed by atoms with E-state index >= 15 is 0 Å². The zero-order valence-corrected chi connectivity index (χ0v) is 17.1. The van der Waals surface area contributed by atoms with E-state index in [1.54, 1.807) is 0 Å². The van der Waals surface area contributed by atoms with E-state index < -0.39 is 0 Å². The second-order valence-electron chi connectivity index (χ2n) is 7.17. The Labute approximate surface area is 169 Å². The molecule has 0 saturated carbocycles. The Kier molecular flexibility index (Phi) is 5.09. The highest BCUT2D eigenvalue weighted by atomic mass is 32.1. The standard InChI is InChI=1S/C23H23NO3S/c1-14(2)17-6-4-5-15(3)22(17)24-23(25)21-10-9-20(28-21)16-7-8-18-19(13-16)27-12-11-26-18/h4-10,13-14H,11-12H2,1-3H3,(H,24,25). The summed E-state index contributed by atoms with van der Waals surface area (Å²) in [6.07, 6.45) is 0. The summed E-state index contributed by atoms with van der Waals surface area (Å²) < 4.78 is 11.2. The number of carbonyl (C=O) groups is 1. The number of hydrogen-bond donors (Lipinski definition) is 1. The number of fused-ring (bicyclic) bond motifs is 1. The van der Waals surface area contributed by atoms with Gasteiger partial charge in [0.1, 0.15) is 13.2 Å². The van der Waals surface area contributed by atoms with Crippen LogP contribution in [0, 0.1) is 6.92 Å². The van der Waals surface area contributed by atoms with E-state index in [4.69, 9.17) is 9.47 Å². The van der Waals surface area contributed by atoms with Crippen LogP contribution in [0.3, 0.4) is 0 Å². The number of hydrogen-bond acceptors (Lipinski definition) is 4. The van der Waals surface area contributed by atoms with Gasteiger partial charge in [-0.3, -0.25) is 4.79 Å². The first-order valence-corrected chi connectivity index (χ1v) is 10.3. The summed E-state index contributed by atoms with van der Waals surface area (Å²) in [5, 5.41) is 3.12. The van der Waals surface area contributed by atoms with Crippen molar-refractivity contribution in [1.82, 2.24) is 0 Å². The Morgan fingerprint density at radius 2 is 1.82 bits per heavy atom. The van der Waals surface area contributed by atoms with Crippen molar-refractivity contribution in [1.29, 1.82) is 0 Å². The molecule has 4 nitrogen and oxygen atoms in total. The lowest BCUT2D eigenvalue weighted by atomic mass is 9.98.